The van der Waals surface area contributed by atoms with E-state index in [0.29, 0.717) is 13.0 Å². The monoisotopic (exact) mass is 223 g/mol. The zero-order valence-electron chi connectivity index (χ0n) is 9.60. The number of rotatable bonds is 6. The van der Waals surface area contributed by atoms with Crippen LogP contribution in [0.1, 0.15) is 18.9 Å². The summed E-state index contributed by atoms with van der Waals surface area (Å²) >= 11 is 0. The number of ether oxygens (including phenoxy) is 1. The molecule has 1 atom stereocenters. The second-order valence-corrected chi connectivity index (χ2v) is 3.57. The molecule has 0 aliphatic rings. The van der Waals surface area contributed by atoms with Gasteiger partial charge in [0.05, 0.1) is 20.1 Å². The zero-order chi connectivity index (χ0) is 11.8. The molecule has 1 rings (SSSR count). The molecule has 0 bridgehead atoms. The van der Waals surface area contributed by atoms with E-state index < -0.39 is 0 Å². The molecule has 4 nitrogen and oxygen atoms in total. The highest BCUT2D eigenvalue weighted by atomic mass is 16.6. The highest BCUT2D eigenvalue weighted by molar-refractivity contribution is 5.69. The second-order valence-electron chi connectivity index (χ2n) is 3.57. The normalized spacial score (nSPS) is 12.1. The molecule has 88 valence electrons. The van der Waals surface area contributed by atoms with E-state index in [-0.39, 0.29) is 12.0 Å². The molecule has 1 aromatic rings. The van der Waals surface area contributed by atoms with Crippen LogP contribution in [-0.4, -0.2) is 19.1 Å². The van der Waals surface area contributed by atoms with Crippen LogP contribution in [0.2, 0.25) is 0 Å². The first-order valence-corrected chi connectivity index (χ1v) is 5.20. The fourth-order valence-electron chi connectivity index (χ4n) is 1.22. The van der Waals surface area contributed by atoms with Gasteiger partial charge in [0.15, 0.2) is 0 Å². The molecule has 0 saturated carbocycles. The number of nitrogens with one attached hydrogen (secondary N) is 1. The van der Waals surface area contributed by atoms with Crippen molar-refractivity contribution in [2.75, 3.05) is 7.11 Å². The van der Waals surface area contributed by atoms with Gasteiger partial charge in [-0.05, 0) is 12.5 Å². The van der Waals surface area contributed by atoms with Crippen molar-refractivity contribution in [2.24, 2.45) is 0 Å². The average Bonchev–Trinajstić information content (AvgIpc) is 2.30. The minimum absolute atomic E-state index is 0.0591. The van der Waals surface area contributed by atoms with E-state index >= 15 is 0 Å². The Morgan fingerprint density at radius 2 is 2.06 bits per heavy atom. The minimum atomic E-state index is -0.247. The van der Waals surface area contributed by atoms with E-state index in [4.69, 9.17) is 4.84 Å². The van der Waals surface area contributed by atoms with Gasteiger partial charge in [-0.2, -0.15) is 5.48 Å². The van der Waals surface area contributed by atoms with E-state index in [1.807, 2.05) is 37.3 Å². The molecule has 0 amide bonds. The Labute approximate surface area is 95.5 Å². The van der Waals surface area contributed by atoms with Crippen molar-refractivity contribution in [1.29, 1.82) is 0 Å². The molecule has 4 heteroatoms. The molecule has 0 heterocycles. The van der Waals surface area contributed by atoms with Crippen LogP contribution in [0.3, 0.4) is 0 Å². The highest BCUT2D eigenvalue weighted by Crippen LogP contribution is 2.00. The van der Waals surface area contributed by atoms with Crippen molar-refractivity contribution in [3.8, 4) is 0 Å². The Morgan fingerprint density at radius 3 is 2.69 bits per heavy atom. The molecule has 1 unspecified atom stereocenters. The fourth-order valence-corrected chi connectivity index (χ4v) is 1.22. The molecule has 0 spiro atoms. The molecule has 0 aliphatic heterocycles. The van der Waals surface area contributed by atoms with Crippen molar-refractivity contribution in [3.63, 3.8) is 0 Å². The molecule has 16 heavy (non-hydrogen) atoms. The predicted molar refractivity (Wildman–Crippen MR) is 60.5 cm³/mol. The summed E-state index contributed by atoms with van der Waals surface area (Å²) in [7, 11) is 1.37. The highest BCUT2D eigenvalue weighted by Gasteiger charge is 2.08. The van der Waals surface area contributed by atoms with Crippen LogP contribution in [0.15, 0.2) is 30.3 Å². The molecular weight excluding hydrogens is 206 g/mol. The van der Waals surface area contributed by atoms with Gasteiger partial charge in [0.25, 0.3) is 0 Å². The number of hydroxylamine groups is 1. The van der Waals surface area contributed by atoms with Gasteiger partial charge in [0, 0.05) is 6.04 Å². The Balaban J connectivity index is 2.18. The van der Waals surface area contributed by atoms with Crippen LogP contribution >= 0.6 is 0 Å². The van der Waals surface area contributed by atoms with Crippen LogP contribution in [-0.2, 0) is 21.0 Å². The third-order valence-electron chi connectivity index (χ3n) is 2.07. The quantitative estimate of drug-likeness (QED) is 0.588. The maximum absolute atomic E-state index is 10.9. The number of carbonyl (C=O) groups excluding carboxylic acids is 1. The molecule has 0 fully saturated rings. The topological polar surface area (TPSA) is 47.6 Å². The van der Waals surface area contributed by atoms with E-state index in [1.165, 1.54) is 7.11 Å². The second kappa shape index (κ2) is 6.98. The third kappa shape index (κ3) is 4.91. The predicted octanol–water partition coefficient (Wildman–Crippen LogP) is 1.66. The van der Waals surface area contributed by atoms with Crippen molar-refractivity contribution in [2.45, 2.75) is 26.0 Å². The van der Waals surface area contributed by atoms with E-state index in [0.717, 1.165) is 5.56 Å². The molecule has 0 aromatic heterocycles. The third-order valence-corrected chi connectivity index (χ3v) is 2.07. The lowest BCUT2D eigenvalue weighted by Crippen LogP contribution is -2.28. The van der Waals surface area contributed by atoms with Crippen molar-refractivity contribution in [1.82, 2.24) is 5.48 Å². The Kier molecular flexibility index (Phi) is 5.53. The lowest BCUT2D eigenvalue weighted by molar-refractivity contribution is -0.142. The molecule has 1 aromatic carbocycles. The summed E-state index contributed by atoms with van der Waals surface area (Å²) in [5.41, 5.74) is 3.88. The summed E-state index contributed by atoms with van der Waals surface area (Å²) in [6.45, 7) is 2.34. The van der Waals surface area contributed by atoms with Gasteiger partial charge in [-0.15, -0.1) is 0 Å². The Hall–Kier alpha value is -1.39. The van der Waals surface area contributed by atoms with Gasteiger partial charge in [-0.1, -0.05) is 30.3 Å². The van der Waals surface area contributed by atoms with Gasteiger partial charge in [0.2, 0.25) is 0 Å². The number of esters is 1. The van der Waals surface area contributed by atoms with Gasteiger partial charge in [-0.25, -0.2) is 0 Å². The fraction of sp³-hybridized carbons (Fsp3) is 0.417. The van der Waals surface area contributed by atoms with Gasteiger partial charge < -0.3 is 4.74 Å². The summed E-state index contributed by atoms with van der Waals surface area (Å²) in [6, 6.07) is 9.76. The molecule has 1 N–H and O–H groups in total. The first-order chi connectivity index (χ1) is 7.72. The van der Waals surface area contributed by atoms with E-state index in [1.54, 1.807) is 0 Å². The maximum Gasteiger partial charge on any atom is 0.307 e. The lowest BCUT2D eigenvalue weighted by atomic mass is 10.2. The Morgan fingerprint density at radius 1 is 1.38 bits per heavy atom. The van der Waals surface area contributed by atoms with Crippen molar-refractivity contribution >= 4 is 5.97 Å². The van der Waals surface area contributed by atoms with Crippen molar-refractivity contribution in [3.05, 3.63) is 35.9 Å². The largest absolute Gasteiger partial charge is 0.469 e. The Bertz CT molecular complexity index is 313. The number of benzene rings is 1. The number of carbonyl (C=O) groups is 1. The SMILES string of the molecule is COC(=O)CC(C)NOCc1ccccc1. The van der Waals surface area contributed by atoms with Crippen LogP contribution in [0, 0.1) is 0 Å². The van der Waals surface area contributed by atoms with Crippen LogP contribution in [0.25, 0.3) is 0 Å². The first kappa shape index (κ1) is 12.7. The summed E-state index contributed by atoms with van der Waals surface area (Å²) < 4.78 is 4.55. The number of hydrogen-bond donors (Lipinski definition) is 1. The minimum Gasteiger partial charge on any atom is -0.469 e. The first-order valence-electron chi connectivity index (χ1n) is 5.20. The maximum atomic E-state index is 10.9. The molecule has 0 radical (unpaired) electrons. The summed E-state index contributed by atoms with van der Waals surface area (Å²) in [5, 5.41) is 0. The summed E-state index contributed by atoms with van der Waals surface area (Å²) in [5.74, 6) is -0.247. The van der Waals surface area contributed by atoms with Crippen LogP contribution in [0.4, 0.5) is 0 Å². The van der Waals surface area contributed by atoms with Gasteiger partial charge in [0.1, 0.15) is 0 Å². The van der Waals surface area contributed by atoms with E-state index in [9.17, 15) is 4.79 Å². The van der Waals surface area contributed by atoms with Crippen LogP contribution < -0.4 is 5.48 Å². The smallest absolute Gasteiger partial charge is 0.307 e. The standard InChI is InChI=1S/C12H17NO3/c1-10(8-12(14)15-2)13-16-9-11-6-4-3-5-7-11/h3-7,10,13H,8-9H2,1-2H3. The van der Waals surface area contributed by atoms with Gasteiger partial charge in [-0.3, -0.25) is 9.63 Å². The molecular formula is C12H17NO3. The summed E-state index contributed by atoms with van der Waals surface area (Å²) in [6.07, 6.45) is 0.297. The molecule has 0 saturated heterocycles. The molecule has 0 aliphatic carbocycles. The number of hydrogen-bond acceptors (Lipinski definition) is 4. The number of methoxy groups -OCH3 is 1. The van der Waals surface area contributed by atoms with Gasteiger partial charge >= 0.3 is 5.97 Å². The van der Waals surface area contributed by atoms with Crippen molar-refractivity contribution < 1.29 is 14.4 Å². The average molecular weight is 223 g/mol. The lowest BCUT2D eigenvalue weighted by Gasteiger charge is -2.12. The van der Waals surface area contributed by atoms with E-state index in [2.05, 4.69) is 10.2 Å². The zero-order valence-corrected chi connectivity index (χ0v) is 9.60. The van der Waals surface area contributed by atoms with Crippen LogP contribution in [0.5, 0.6) is 0 Å². The summed E-state index contributed by atoms with van der Waals surface area (Å²) in [4.78, 5) is 16.2.